The average Bonchev–Trinajstić information content (AvgIpc) is 2.57. The molecule has 1 aromatic heterocycles. The number of nitrogens with zero attached hydrogens (tertiary/aromatic N) is 1. The summed E-state index contributed by atoms with van der Waals surface area (Å²) >= 11 is 0. The monoisotopic (exact) mass is 217 g/mol. The molecule has 0 saturated carbocycles. The van der Waals surface area contributed by atoms with Crippen LogP contribution in [0.15, 0.2) is 24.3 Å². The molecule has 2 aromatic rings. The van der Waals surface area contributed by atoms with Crippen molar-refractivity contribution in [2.45, 2.75) is 12.5 Å². The lowest BCUT2D eigenvalue weighted by Gasteiger charge is -2.14. The molecule has 0 saturated heterocycles. The Kier molecular flexibility index (Phi) is 3.27. The van der Waals surface area contributed by atoms with Gasteiger partial charge in [0.1, 0.15) is 0 Å². The summed E-state index contributed by atoms with van der Waals surface area (Å²) < 4.78 is 0. The van der Waals surface area contributed by atoms with Gasteiger partial charge >= 0.3 is 0 Å². The van der Waals surface area contributed by atoms with Gasteiger partial charge in [0.15, 0.2) is 0 Å². The number of hydrogen-bond acceptors (Lipinski definition) is 2. The van der Waals surface area contributed by atoms with E-state index in [1.165, 1.54) is 0 Å². The number of aromatic nitrogens is 1. The maximum Gasteiger partial charge on any atom is 0.0721 e. The molecule has 0 bridgehead atoms. The molecule has 0 amide bonds. The molecule has 16 heavy (non-hydrogen) atoms. The van der Waals surface area contributed by atoms with Gasteiger partial charge in [0.25, 0.3) is 0 Å². The zero-order chi connectivity index (χ0) is 11.5. The van der Waals surface area contributed by atoms with Gasteiger partial charge in [-0.3, -0.25) is 0 Å². The second-order valence-corrected chi connectivity index (χ2v) is 4.39. The Morgan fingerprint density at radius 1 is 1.38 bits per heavy atom. The Morgan fingerprint density at radius 2 is 2.12 bits per heavy atom. The number of nitrogens with one attached hydrogen (secondary N) is 1. The highest BCUT2D eigenvalue weighted by Gasteiger charge is 2.09. The second-order valence-electron chi connectivity index (χ2n) is 4.39. The van der Waals surface area contributed by atoms with E-state index in [2.05, 4.69) is 11.1 Å². The predicted octanol–water partition coefficient (Wildman–Crippen LogP) is 1.43. The van der Waals surface area contributed by atoms with Crippen LogP contribution < -0.4 is 0 Å². The van der Waals surface area contributed by atoms with E-state index in [-0.39, 0.29) is 6.10 Å². The normalized spacial score (nSPS) is 13.5. The summed E-state index contributed by atoms with van der Waals surface area (Å²) in [5.41, 5.74) is 2.05. The molecule has 0 fully saturated rings. The summed E-state index contributed by atoms with van der Waals surface area (Å²) in [6.45, 7) is 0.670. The van der Waals surface area contributed by atoms with E-state index < -0.39 is 0 Å². The zero-order valence-corrected chi connectivity index (χ0v) is 9.70. The highest BCUT2D eigenvalue weighted by atomic mass is 16.3. The highest BCUT2D eigenvalue weighted by molar-refractivity contribution is 5.79. The molecular weight excluding hydrogens is 200 g/mol. The fraction of sp³-hybridized carbons (Fsp3) is 0.385. The molecule has 3 heteroatoms. The zero-order valence-electron chi connectivity index (χ0n) is 9.70. The van der Waals surface area contributed by atoms with Crippen molar-refractivity contribution in [1.29, 1.82) is 0 Å². The minimum absolute atomic E-state index is 0.348. The molecule has 3 nitrogen and oxygen atoms in total. The number of aromatic amines is 1. The van der Waals surface area contributed by atoms with Gasteiger partial charge in [-0.25, -0.2) is 0 Å². The molecule has 0 aliphatic rings. The van der Waals surface area contributed by atoms with E-state index in [1.54, 1.807) is 0 Å². The third-order valence-electron chi connectivity index (χ3n) is 2.51. The van der Waals surface area contributed by atoms with Crippen LogP contribution in [0.25, 0.3) is 10.9 Å². The summed E-state index contributed by atoms with van der Waals surface area (Å²) in [4.78, 5) is 5.25. The summed E-state index contributed by atoms with van der Waals surface area (Å²) in [5, 5.41) is 10.9. The summed E-state index contributed by atoms with van der Waals surface area (Å²) in [6.07, 6.45) is 0.270. The first-order valence-electron chi connectivity index (χ1n) is 5.47. The van der Waals surface area contributed by atoms with Gasteiger partial charge in [-0.2, -0.15) is 0 Å². The molecule has 0 aliphatic heterocycles. The van der Waals surface area contributed by atoms with Gasteiger partial charge in [0, 0.05) is 35.6 Å². The highest BCUT2D eigenvalue weighted by Crippen LogP contribution is 2.14. The predicted molar refractivity (Wildman–Crippen MR) is 65.4 cm³/mol. The van der Waals surface area contributed by atoms with Crippen LogP contribution in [0.4, 0.5) is 0 Å². The maximum atomic E-state index is 9.82. The number of para-hydroxylation sites is 1. The smallest absolute Gasteiger partial charge is 0.0721 e. The molecule has 1 radical (unpaired) electrons. The van der Waals surface area contributed by atoms with Crippen LogP contribution in [-0.4, -0.2) is 41.7 Å². The van der Waals surface area contributed by atoms with Gasteiger partial charge in [-0.1, -0.05) is 18.2 Å². The average molecular weight is 217 g/mol. The van der Waals surface area contributed by atoms with Crippen molar-refractivity contribution in [2.24, 2.45) is 0 Å². The molecule has 0 spiro atoms. The van der Waals surface area contributed by atoms with E-state index in [0.29, 0.717) is 13.0 Å². The Hall–Kier alpha value is -1.32. The van der Waals surface area contributed by atoms with Crippen LogP contribution in [0.2, 0.25) is 0 Å². The van der Waals surface area contributed by atoms with Crippen LogP contribution >= 0.6 is 0 Å². The van der Waals surface area contributed by atoms with Gasteiger partial charge in [-0.15, -0.1) is 0 Å². The third-order valence-corrected chi connectivity index (χ3v) is 2.51. The Bertz CT molecular complexity index is 429. The summed E-state index contributed by atoms with van der Waals surface area (Å²) in [7, 11) is 3.91. The van der Waals surface area contributed by atoms with Crippen LogP contribution in [0, 0.1) is 6.07 Å². The van der Waals surface area contributed by atoms with Crippen molar-refractivity contribution < 1.29 is 5.11 Å². The topological polar surface area (TPSA) is 39.3 Å². The second kappa shape index (κ2) is 4.68. The number of aliphatic hydroxyl groups is 1. The maximum absolute atomic E-state index is 9.82. The van der Waals surface area contributed by atoms with E-state index in [1.807, 2.05) is 43.3 Å². The molecule has 1 heterocycles. The van der Waals surface area contributed by atoms with Crippen molar-refractivity contribution in [3.8, 4) is 0 Å². The first-order valence-corrected chi connectivity index (χ1v) is 5.47. The Balaban J connectivity index is 2.09. The number of H-pyrrole nitrogens is 1. The number of benzene rings is 1. The lowest BCUT2D eigenvalue weighted by Crippen LogP contribution is -2.27. The first-order chi connectivity index (χ1) is 7.65. The summed E-state index contributed by atoms with van der Waals surface area (Å²) in [5.74, 6) is 0. The molecule has 2 N–H and O–H groups in total. The lowest BCUT2D eigenvalue weighted by atomic mass is 10.2. The molecule has 1 aromatic carbocycles. The number of likely N-dealkylation sites (N-methyl/N-ethyl adjacent to an activating group) is 1. The largest absolute Gasteiger partial charge is 0.391 e. The SMILES string of the molecule is CN(C)CC(O)Cc1[c]c2ccccc2[nH]1. The van der Waals surface area contributed by atoms with Gasteiger partial charge < -0.3 is 15.0 Å². The van der Waals surface area contributed by atoms with Gasteiger partial charge in [-0.05, 0) is 20.2 Å². The molecule has 1 unspecified atom stereocenters. The van der Waals surface area contributed by atoms with Crippen LogP contribution in [0.5, 0.6) is 0 Å². The number of fused-ring (bicyclic) bond motifs is 1. The van der Waals surface area contributed by atoms with Crippen molar-refractivity contribution in [3.63, 3.8) is 0 Å². The molecule has 2 rings (SSSR count). The summed E-state index contributed by atoms with van der Waals surface area (Å²) in [6, 6.07) is 11.3. The number of rotatable bonds is 4. The van der Waals surface area contributed by atoms with Crippen LogP contribution in [0.3, 0.4) is 0 Å². The fourth-order valence-corrected chi connectivity index (χ4v) is 1.88. The van der Waals surface area contributed by atoms with Crippen molar-refractivity contribution in [2.75, 3.05) is 20.6 Å². The third kappa shape index (κ3) is 2.62. The minimum atomic E-state index is -0.348. The molecule has 0 aliphatic carbocycles. The van der Waals surface area contributed by atoms with E-state index >= 15 is 0 Å². The van der Waals surface area contributed by atoms with Gasteiger partial charge in [0.2, 0.25) is 0 Å². The number of aliphatic hydroxyl groups excluding tert-OH is 1. The van der Waals surface area contributed by atoms with E-state index in [9.17, 15) is 5.11 Å². The molecular formula is C13H17N2O. The van der Waals surface area contributed by atoms with Crippen molar-refractivity contribution >= 4 is 10.9 Å². The van der Waals surface area contributed by atoms with E-state index in [4.69, 9.17) is 0 Å². The van der Waals surface area contributed by atoms with Crippen LogP contribution in [-0.2, 0) is 6.42 Å². The standard InChI is InChI=1S/C13H17N2O/c1-15(2)9-12(16)8-11-7-10-5-3-4-6-13(10)14-11/h3-6,12,14,16H,8-9H2,1-2H3. The first kappa shape index (κ1) is 11.2. The van der Waals surface area contributed by atoms with Crippen molar-refractivity contribution in [1.82, 2.24) is 9.88 Å². The fourth-order valence-electron chi connectivity index (χ4n) is 1.88. The lowest BCUT2D eigenvalue weighted by molar-refractivity contribution is 0.136. The minimum Gasteiger partial charge on any atom is -0.391 e. The van der Waals surface area contributed by atoms with Gasteiger partial charge in [0.05, 0.1) is 6.10 Å². The van der Waals surface area contributed by atoms with Crippen molar-refractivity contribution in [3.05, 3.63) is 36.0 Å². The quantitative estimate of drug-likeness (QED) is 0.813. The molecule has 1 atom stereocenters. The Morgan fingerprint density at radius 3 is 2.81 bits per heavy atom. The molecule has 85 valence electrons. The number of hydrogen-bond donors (Lipinski definition) is 2. The van der Waals surface area contributed by atoms with Crippen LogP contribution in [0.1, 0.15) is 5.69 Å². The van der Waals surface area contributed by atoms with E-state index in [0.717, 1.165) is 16.6 Å². The Labute approximate surface area is 95.7 Å².